The molecule has 0 aliphatic rings. The van der Waals surface area contributed by atoms with Crippen molar-refractivity contribution in [2.45, 2.75) is 27.2 Å². The molecule has 17 heavy (non-hydrogen) atoms. The highest BCUT2D eigenvalue weighted by Crippen LogP contribution is 2.12. The SMILES string of the molecule is C=C(NCCC)c1ccc(/C=C/C(C)C)cc1. The van der Waals surface area contributed by atoms with Gasteiger partial charge in [-0.15, -0.1) is 0 Å². The summed E-state index contributed by atoms with van der Waals surface area (Å²) in [6, 6.07) is 8.50. The number of nitrogens with one attached hydrogen (secondary N) is 1. The Morgan fingerprint density at radius 3 is 2.47 bits per heavy atom. The van der Waals surface area contributed by atoms with Crippen LogP contribution in [0.5, 0.6) is 0 Å². The average Bonchev–Trinajstić information content (AvgIpc) is 2.34. The summed E-state index contributed by atoms with van der Waals surface area (Å²) in [5.74, 6) is 0.593. The van der Waals surface area contributed by atoms with Crippen LogP contribution in [0.1, 0.15) is 38.3 Å². The molecule has 0 heterocycles. The number of hydrogen-bond acceptors (Lipinski definition) is 1. The van der Waals surface area contributed by atoms with Crippen molar-refractivity contribution in [3.05, 3.63) is 48.0 Å². The van der Waals surface area contributed by atoms with Gasteiger partial charge < -0.3 is 5.32 Å². The Morgan fingerprint density at radius 2 is 1.94 bits per heavy atom. The van der Waals surface area contributed by atoms with E-state index in [0.29, 0.717) is 5.92 Å². The topological polar surface area (TPSA) is 12.0 Å². The van der Waals surface area contributed by atoms with Gasteiger partial charge in [0.2, 0.25) is 0 Å². The van der Waals surface area contributed by atoms with Gasteiger partial charge in [0.15, 0.2) is 0 Å². The first-order chi connectivity index (χ1) is 8.13. The van der Waals surface area contributed by atoms with Gasteiger partial charge >= 0.3 is 0 Å². The van der Waals surface area contributed by atoms with Crippen LogP contribution in [-0.4, -0.2) is 6.54 Å². The van der Waals surface area contributed by atoms with Crippen molar-refractivity contribution in [3.8, 4) is 0 Å². The second-order valence-electron chi connectivity index (χ2n) is 4.63. The van der Waals surface area contributed by atoms with Crippen LogP contribution in [0.2, 0.25) is 0 Å². The first-order valence-electron chi connectivity index (χ1n) is 6.35. The van der Waals surface area contributed by atoms with Gasteiger partial charge in [0.25, 0.3) is 0 Å². The third-order valence-electron chi connectivity index (χ3n) is 2.52. The van der Waals surface area contributed by atoms with Gasteiger partial charge in [-0.1, -0.05) is 63.8 Å². The van der Waals surface area contributed by atoms with Crippen molar-refractivity contribution in [3.63, 3.8) is 0 Å². The fourth-order valence-electron chi connectivity index (χ4n) is 1.48. The lowest BCUT2D eigenvalue weighted by Crippen LogP contribution is -2.11. The van der Waals surface area contributed by atoms with E-state index >= 15 is 0 Å². The van der Waals surface area contributed by atoms with Gasteiger partial charge in [0, 0.05) is 12.2 Å². The molecule has 0 fully saturated rings. The van der Waals surface area contributed by atoms with Crippen molar-refractivity contribution in [2.24, 2.45) is 5.92 Å². The van der Waals surface area contributed by atoms with Crippen LogP contribution < -0.4 is 5.32 Å². The second-order valence-corrected chi connectivity index (χ2v) is 4.63. The maximum Gasteiger partial charge on any atom is 0.0340 e. The van der Waals surface area contributed by atoms with E-state index in [4.69, 9.17) is 0 Å². The monoisotopic (exact) mass is 229 g/mol. The zero-order chi connectivity index (χ0) is 12.7. The normalized spacial score (nSPS) is 11.1. The first-order valence-corrected chi connectivity index (χ1v) is 6.35. The fourth-order valence-corrected chi connectivity index (χ4v) is 1.48. The maximum absolute atomic E-state index is 4.04. The highest BCUT2D eigenvalue weighted by atomic mass is 14.9. The summed E-state index contributed by atoms with van der Waals surface area (Å²) in [6.07, 6.45) is 5.49. The minimum atomic E-state index is 0.593. The Balaban J connectivity index is 2.64. The average molecular weight is 229 g/mol. The molecule has 0 radical (unpaired) electrons. The predicted octanol–water partition coefficient (Wildman–Crippen LogP) is 4.33. The molecule has 0 saturated heterocycles. The molecule has 0 aliphatic heterocycles. The van der Waals surface area contributed by atoms with Gasteiger partial charge in [-0.3, -0.25) is 0 Å². The lowest BCUT2D eigenvalue weighted by Gasteiger charge is -2.08. The van der Waals surface area contributed by atoms with E-state index in [-0.39, 0.29) is 0 Å². The third kappa shape index (κ3) is 4.90. The van der Waals surface area contributed by atoms with E-state index in [0.717, 1.165) is 18.7 Å². The summed E-state index contributed by atoms with van der Waals surface area (Å²) in [5, 5.41) is 3.31. The molecule has 0 atom stereocenters. The van der Waals surface area contributed by atoms with Crippen LogP contribution in [0.4, 0.5) is 0 Å². The van der Waals surface area contributed by atoms with Gasteiger partial charge in [0.1, 0.15) is 0 Å². The highest BCUT2D eigenvalue weighted by Gasteiger charge is 1.97. The lowest BCUT2D eigenvalue weighted by atomic mass is 10.1. The van der Waals surface area contributed by atoms with Crippen LogP contribution in [-0.2, 0) is 0 Å². The Kier molecular flexibility index (Phi) is 5.55. The predicted molar refractivity (Wildman–Crippen MR) is 77.6 cm³/mol. The summed E-state index contributed by atoms with van der Waals surface area (Å²) in [6.45, 7) is 11.5. The fraction of sp³-hybridized carbons (Fsp3) is 0.375. The zero-order valence-corrected chi connectivity index (χ0v) is 11.2. The standard InChI is InChI=1S/C16H23N/c1-5-12-17-14(4)16-10-8-15(9-11-16)7-6-13(2)3/h6-11,13,17H,4-5,12H2,1-3H3/b7-6+. The highest BCUT2D eigenvalue weighted by molar-refractivity contribution is 5.63. The zero-order valence-electron chi connectivity index (χ0n) is 11.2. The number of rotatable bonds is 6. The van der Waals surface area contributed by atoms with E-state index in [1.807, 2.05) is 0 Å². The van der Waals surface area contributed by atoms with Gasteiger partial charge in [0.05, 0.1) is 0 Å². The van der Waals surface area contributed by atoms with Gasteiger partial charge in [-0.2, -0.15) is 0 Å². The van der Waals surface area contributed by atoms with E-state index in [1.54, 1.807) is 0 Å². The molecule has 0 aromatic heterocycles. The Morgan fingerprint density at radius 1 is 1.29 bits per heavy atom. The molecule has 0 aliphatic carbocycles. The van der Waals surface area contributed by atoms with E-state index in [1.165, 1.54) is 11.1 Å². The largest absolute Gasteiger partial charge is 0.385 e. The molecule has 0 unspecified atom stereocenters. The van der Waals surface area contributed by atoms with Crippen LogP contribution >= 0.6 is 0 Å². The Bertz CT molecular complexity index is 371. The van der Waals surface area contributed by atoms with E-state index in [9.17, 15) is 0 Å². The summed E-state index contributed by atoms with van der Waals surface area (Å²) in [4.78, 5) is 0. The molecule has 0 amide bonds. The van der Waals surface area contributed by atoms with Gasteiger partial charge in [-0.05, 0) is 23.5 Å². The molecule has 92 valence electrons. The van der Waals surface area contributed by atoms with Crippen molar-refractivity contribution in [1.82, 2.24) is 5.32 Å². The summed E-state index contributed by atoms with van der Waals surface area (Å²) < 4.78 is 0. The maximum atomic E-state index is 4.04. The molecule has 0 saturated carbocycles. The summed E-state index contributed by atoms with van der Waals surface area (Å²) >= 11 is 0. The van der Waals surface area contributed by atoms with Crippen molar-refractivity contribution < 1.29 is 0 Å². The third-order valence-corrected chi connectivity index (χ3v) is 2.52. The number of hydrogen-bond donors (Lipinski definition) is 1. The first kappa shape index (κ1) is 13.6. The van der Waals surface area contributed by atoms with Crippen molar-refractivity contribution in [1.29, 1.82) is 0 Å². The molecule has 0 spiro atoms. The van der Waals surface area contributed by atoms with Crippen LogP contribution in [0.15, 0.2) is 36.9 Å². The Hall–Kier alpha value is -1.50. The molecule has 1 rings (SSSR count). The van der Waals surface area contributed by atoms with Crippen molar-refractivity contribution in [2.75, 3.05) is 6.54 Å². The summed E-state index contributed by atoms with van der Waals surface area (Å²) in [7, 11) is 0. The molecule has 1 heteroatoms. The molecule has 1 aromatic carbocycles. The van der Waals surface area contributed by atoms with Crippen LogP contribution in [0.25, 0.3) is 11.8 Å². The van der Waals surface area contributed by atoms with Crippen molar-refractivity contribution >= 4 is 11.8 Å². The Labute approximate surface area is 105 Å². The lowest BCUT2D eigenvalue weighted by molar-refractivity contribution is 0.825. The quantitative estimate of drug-likeness (QED) is 0.765. The number of allylic oxidation sites excluding steroid dienone is 1. The van der Waals surface area contributed by atoms with E-state index in [2.05, 4.69) is 69.1 Å². The molecular weight excluding hydrogens is 206 g/mol. The summed E-state index contributed by atoms with van der Waals surface area (Å²) in [5.41, 5.74) is 3.41. The molecule has 1 aromatic rings. The number of benzene rings is 1. The molecular formula is C16H23N. The van der Waals surface area contributed by atoms with Crippen LogP contribution in [0.3, 0.4) is 0 Å². The minimum absolute atomic E-state index is 0.593. The smallest absolute Gasteiger partial charge is 0.0340 e. The molecule has 1 N–H and O–H groups in total. The molecule has 0 bridgehead atoms. The minimum Gasteiger partial charge on any atom is -0.385 e. The second kappa shape index (κ2) is 6.95. The van der Waals surface area contributed by atoms with Crippen LogP contribution in [0, 0.1) is 5.92 Å². The van der Waals surface area contributed by atoms with E-state index < -0.39 is 0 Å². The van der Waals surface area contributed by atoms with Gasteiger partial charge in [-0.25, -0.2) is 0 Å². The molecule has 1 nitrogen and oxygen atoms in total.